The van der Waals surface area contributed by atoms with Gasteiger partial charge in [-0.1, -0.05) is 25.5 Å². The van der Waals surface area contributed by atoms with Gasteiger partial charge in [-0.25, -0.2) is 0 Å². The molecule has 1 amide bonds. The van der Waals surface area contributed by atoms with Crippen LogP contribution in [0.5, 0.6) is 0 Å². The Balaban J connectivity index is 4.09. The van der Waals surface area contributed by atoms with Gasteiger partial charge in [-0.2, -0.15) is 0 Å². The summed E-state index contributed by atoms with van der Waals surface area (Å²) in [5, 5.41) is 20.6. The Bertz CT molecular complexity index is 332. The Morgan fingerprint density at radius 2 is 1.95 bits per heavy atom. The van der Waals surface area contributed by atoms with E-state index in [-0.39, 0.29) is 19.2 Å². The van der Waals surface area contributed by atoms with Gasteiger partial charge in [-0.3, -0.25) is 14.5 Å². The molecule has 3 N–H and O–H groups in total. The molecule has 6 heteroatoms. The van der Waals surface area contributed by atoms with Crippen LogP contribution in [0.4, 0.5) is 0 Å². The minimum Gasteiger partial charge on any atom is -0.480 e. The number of hydrogen-bond donors (Lipinski definition) is 3. The van der Waals surface area contributed by atoms with Crippen molar-refractivity contribution in [2.45, 2.75) is 52.0 Å². The quantitative estimate of drug-likeness (QED) is 0.374. The van der Waals surface area contributed by atoms with Crippen molar-refractivity contribution in [2.75, 3.05) is 19.8 Å². The lowest BCUT2D eigenvalue weighted by molar-refractivity contribution is -0.143. The van der Waals surface area contributed by atoms with Gasteiger partial charge >= 0.3 is 5.97 Å². The molecule has 6 nitrogen and oxygen atoms in total. The number of carbonyl (C=O) groups excluding carboxylic acids is 1. The number of rotatable bonds is 12. The van der Waals surface area contributed by atoms with Crippen LogP contribution in [0.1, 0.15) is 46.0 Å². The monoisotopic (exact) mass is 300 g/mol. The zero-order valence-corrected chi connectivity index (χ0v) is 13.0. The fraction of sp³-hybridized carbons (Fsp3) is 0.733. The number of nitrogens with zero attached hydrogens (tertiary/aromatic N) is 1. The van der Waals surface area contributed by atoms with Crippen LogP contribution in [-0.4, -0.2) is 52.9 Å². The molecule has 0 aromatic rings. The molecule has 122 valence electrons. The summed E-state index contributed by atoms with van der Waals surface area (Å²) in [6, 6.07) is -0.693. The van der Waals surface area contributed by atoms with E-state index in [4.69, 9.17) is 10.2 Å². The molecule has 0 saturated heterocycles. The number of carbonyl (C=O) groups is 2. The largest absolute Gasteiger partial charge is 0.480 e. The fourth-order valence-electron chi connectivity index (χ4n) is 1.73. The maximum Gasteiger partial charge on any atom is 0.320 e. The Kier molecular flexibility index (Phi) is 11.5. The second-order valence-electron chi connectivity index (χ2n) is 4.96. The number of carboxylic acid groups (broad SMARTS) is 1. The molecule has 0 aromatic heterocycles. The van der Waals surface area contributed by atoms with Gasteiger partial charge in [0.2, 0.25) is 5.91 Å². The summed E-state index contributed by atoms with van der Waals surface area (Å²) in [7, 11) is 0. The molecule has 0 aliphatic carbocycles. The van der Waals surface area contributed by atoms with Gasteiger partial charge in [0.1, 0.15) is 6.04 Å². The first-order valence-electron chi connectivity index (χ1n) is 7.52. The van der Waals surface area contributed by atoms with Crippen molar-refractivity contribution in [1.29, 1.82) is 0 Å². The van der Waals surface area contributed by atoms with Crippen molar-refractivity contribution >= 4 is 11.9 Å². The number of unbranched alkanes of at least 4 members (excludes halogenated alkanes) is 1. The highest BCUT2D eigenvalue weighted by molar-refractivity contribution is 5.76. The molecular formula is C15H28N2O4. The first kappa shape index (κ1) is 19.6. The summed E-state index contributed by atoms with van der Waals surface area (Å²) in [5.74, 6) is -1.03. The lowest BCUT2D eigenvalue weighted by atomic mass is 10.2. The van der Waals surface area contributed by atoms with Crippen LogP contribution in [0.3, 0.4) is 0 Å². The highest BCUT2D eigenvalue weighted by Gasteiger charge is 2.20. The van der Waals surface area contributed by atoms with Gasteiger partial charge in [-0.15, -0.1) is 0 Å². The second-order valence-corrected chi connectivity index (χ2v) is 4.96. The molecule has 0 aliphatic rings. The number of amides is 1. The van der Waals surface area contributed by atoms with Crippen molar-refractivity contribution in [2.24, 2.45) is 0 Å². The predicted octanol–water partition coefficient (Wildman–Crippen LogP) is 1.35. The van der Waals surface area contributed by atoms with Gasteiger partial charge in [0.05, 0.1) is 6.67 Å². The van der Waals surface area contributed by atoms with E-state index in [1.54, 1.807) is 11.8 Å². The third-order valence-corrected chi connectivity index (χ3v) is 3.15. The van der Waals surface area contributed by atoms with E-state index in [9.17, 15) is 9.59 Å². The van der Waals surface area contributed by atoms with Crippen LogP contribution in [0.15, 0.2) is 12.2 Å². The summed E-state index contributed by atoms with van der Waals surface area (Å²) in [4.78, 5) is 24.3. The Hall–Kier alpha value is -1.40. The van der Waals surface area contributed by atoms with Gasteiger partial charge in [0.15, 0.2) is 0 Å². The molecule has 1 unspecified atom stereocenters. The van der Waals surface area contributed by atoms with E-state index in [2.05, 4.69) is 18.3 Å². The van der Waals surface area contributed by atoms with Crippen LogP contribution in [0, 0.1) is 0 Å². The van der Waals surface area contributed by atoms with Crippen molar-refractivity contribution in [3.8, 4) is 0 Å². The van der Waals surface area contributed by atoms with E-state index in [0.29, 0.717) is 25.8 Å². The third kappa shape index (κ3) is 10.0. The number of carboxylic acids is 1. The van der Waals surface area contributed by atoms with Crippen LogP contribution in [0.25, 0.3) is 0 Å². The van der Waals surface area contributed by atoms with Crippen molar-refractivity contribution in [3.05, 3.63) is 12.2 Å². The van der Waals surface area contributed by atoms with E-state index < -0.39 is 12.0 Å². The molecule has 0 saturated carbocycles. The van der Waals surface area contributed by atoms with Gasteiger partial charge in [0.25, 0.3) is 0 Å². The predicted molar refractivity (Wildman–Crippen MR) is 81.8 cm³/mol. The van der Waals surface area contributed by atoms with E-state index >= 15 is 0 Å². The zero-order chi connectivity index (χ0) is 16.1. The average molecular weight is 300 g/mol. The maximum atomic E-state index is 11.7. The Morgan fingerprint density at radius 3 is 2.52 bits per heavy atom. The van der Waals surface area contributed by atoms with Crippen LogP contribution in [0.2, 0.25) is 0 Å². The van der Waals surface area contributed by atoms with Crippen molar-refractivity contribution in [3.63, 3.8) is 0 Å². The number of allylic oxidation sites excluding steroid dienone is 2. The first-order chi connectivity index (χ1) is 10.0. The average Bonchev–Trinajstić information content (AvgIpc) is 2.46. The summed E-state index contributed by atoms with van der Waals surface area (Å²) in [6.45, 7) is 4.28. The summed E-state index contributed by atoms with van der Waals surface area (Å²) >= 11 is 0. The number of aliphatic hydroxyl groups excluding tert-OH is 1. The van der Waals surface area contributed by atoms with Crippen molar-refractivity contribution < 1.29 is 19.8 Å². The van der Waals surface area contributed by atoms with Gasteiger partial charge in [-0.05, 0) is 26.2 Å². The number of nitrogens with one attached hydrogen (secondary N) is 1. The summed E-state index contributed by atoms with van der Waals surface area (Å²) < 4.78 is 0. The minimum atomic E-state index is -0.940. The molecule has 0 heterocycles. The van der Waals surface area contributed by atoms with Crippen molar-refractivity contribution in [1.82, 2.24) is 10.2 Å². The topological polar surface area (TPSA) is 89.9 Å². The number of aliphatic carboxylic acids is 1. The highest BCUT2D eigenvalue weighted by Crippen LogP contribution is 2.00. The highest BCUT2D eigenvalue weighted by atomic mass is 16.4. The third-order valence-electron chi connectivity index (χ3n) is 3.15. The molecule has 0 aliphatic heterocycles. The fourth-order valence-corrected chi connectivity index (χ4v) is 1.73. The first-order valence-corrected chi connectivity index (χ1v) is 7.52. The number of aliphatic hydroxyl groups is 1. The van der Waals surface area contributed by atoms with Crippen LogP contribution in [-0.2, 0) is 9.59 Å². The summed E-state index contributed by atoms with van der Waals surface area (Å²) in [6.07, 6.45) is 7.74. The Labute approximate surface area is 126 Å². The molecule has 0 bridgehead atoms. The minimum absolute atomic E-state index is 0.000983. The number of hydrogen-bond acceptors (Lipinski definition) is 4. The lowest BCUT2D eigenvalue weighted by Crippen LogP contribution is -2.46. The summed E-state index contributed by atoms with van der Waals surface area (Å²) in [5.41, 5.74) is 0. The molecule has 1 atom stereocenters. The molecular weight excluding hydrogens is 272 g/mol. The zero-order valence-electron chi connectivity index (χ0n) is 13.0. The van der Waals surface area contributed by atoms with Gasteiger partial charge in [0, 0.05) is 19.6 Å². The Morgan fingerprint density at radius 1 is 1.29 bits per heavy atom. The van der Waals surface area contributed by atoms with Crippen LogP contribution < -0.4 is 5.32 Å². The normalized spacial score (nSPS) is 12.8. The van der Waals surface area contributed by atoms with E-state index in [1.807, 2.05) is 6.08 Å². The SMILES string of the molecule is CCC/C=C/CCC(=O)NCN(CCCO)C(C)C(=O)O. The second kappa shape index (κ2) is 12.3. The molecule has 0 radical (unpaired) electrons. The standard InChI is InChI=1S/C15H28N2O4/c1-3-4-5-6-7-9-14(19)16-12-17(10-8-11-18)13(2)15(20)21/h5-6,13,18H,3-4,7-12H2,1-2H3,(H,16,19)(H,20,21)/b6-5+. The smallest absolute Gasteiger partial charge is 0.320 e. The maximum absolute atomic E-state index is 11.7. The molecule has 0 aromatic carbocycles. The lowest BCUT2D eigenvalue weighted by Gasteiger charge is -2.26. The molecule has 0 fully saturated rings. The van der Waals surface area contributed by atoms with Crippen LogP contribution >= 0.6 is 0 Å². The van der Waals surface area contributed by atoms with E-state index in [0.717, 1.165) is 12.8 Å². The molecule has 0 rings (SSSR count). The molecule has 21 heavy (non-hydrogen) atoms. The van der Waals surface area contributed by atoms with Gasteiger partial charge < -0.3 is 15.5 Å². The van der Waals surface area contributed by atoms with E-state index in [1.165, 1.54) is 0 Å². The molecule has 0 spiro atoms.